The van der Waals surface area contributed by atoms with E-state index in [2.05, 4.69) is 5.32 Å². The van der Waals surface area contributed by atoms with Crippen molar-refractivity contribution in [3.05, 3.63) is 0 Å². The highest BCUT2D eigenvalue weighted by Crippen LogP contribution is 2.38. The van der Waals surface area contributed by atoms with E-state index in [0.29, 0.717) is 19.5 Å². The third kappa shape index (κ3) is 2.90. The second-order valence-corrected chi connectivity index (χ2v) is 7.50. The Morgan fingerprint density at radius 2 is 1.88 bits per heavy atom. The van der Waals surface area contributed by atoms with Crippen LogP contribution in [0.2, 0.25) is 0 Å². The van der Waals surface area contributed by atoms with Crippen LogP contribution >= 0.6 is 0 Å². The van der Waals surface area contributed by atoms with Crippen LogP contribution in [0.15, 0.2) is 0 Å². The molecule has 3 rings (SSSR count). The summed E-state index contributed by atoms with van der Waals surface area (Å²) in [6.45, 7) is 6.65. The van der Waals surface area contributed by atoms with Gasteiger partial charge >= 0.3 is 6.03 Å². The van der Waals surface area contributed by atoms with Gasteiger partial charge in [0.25, 0.3) is 5.91 Å². The highest BCUT2D eigenvalue weighted by molar-refractivity contribution is 6.09. The Kier molecular flexibility index (Phi) is 4.55. The van der Waals surface area contributed by atoms with E-state index in [1.165, 1.54) is 0 Å². The number of ether oxygens (including phenoxy) is 1. The van der Waals surface area contributed by atoms with Crippen LogP contribution in [0.4, 0.5) is 4.79 Å². The Bertz CT molecular complexity index is 542. The molecule has 1 saturated carbocycles. The third-order valence-electron chi connectivity index (χ3n) is 5.57. The minimum absolute atomic E-state index is 0.0366. The highest BCUT2D eigenvalue weighted by Gasteiger charge is 2.55. The van der Waals surface area contributed by atoms with Gasteiger partial charge in [-0.1, -0.05) is 19.8 Å². The number of rotatable bonds is 2. The summed E-state index contributed by atoms with van der Waals surface area (Å²) in [6, 6.07) is -0.434. The van der Waals surface area contributed by atoms with Crippen molar-refractivity contribution in [2.75, 3.05) is 19.6 Å². The first kappa shape index (κ1) is 17.2. The van der Waals surface area contributed by atoms with Crippen molar-refractivity contribution in [1.82, 2.24) is 15.1 Å². The molecule has 2 heterocycles. The van der Waals surface area contributed by atoms with Crippen molar-refractivity contribution >= 4 is 17.8 Å². The first-order chi connectivity index (χ1) is 11.3. The van der Waals surface area contributed by atoms with Gasteiger partial charge in [0.05, 0.1) is 12.2 Å². The van der Waals surface area contributed by atoms with Gasteiger partial charge in [0.1, 0.15) is 12.1 Å². The quantitative estimate of drug-likeness (QED) is 0.766. The largest absolute Gasteiger partial charge is 0.372 e. The number of amides is 4. The lowest BCUT2D eigenvalue weighted by Gasteiger charge is -2.37. The number of hydrogen-bond acceptors (Lipinski definition) is 4. The van der Waals surface area contributed by atoms with Crippen LogP contribution in [0.1, 0.15) is 46.5 Å². The summed E-state index contributed by atoms with van der Waals surface area (Å²) in [5.41, 5.74) is -0.804. The van der Waals surface area contributed by atoms with E-state index in [1.807, 2.05) is 20.8 Å². The number of nitrogens with zero attached hydrogens (tertiary/aromatic N) is 2. The number of carbonyl (C=O) groups excluding carboxylic acids is 3. The van der Waals surface area contributed by atoms with Crippen LogP contribution in [0.3, 0.4) is 0 Å². The zero-order valence-electron chi connectivity index (χ0n) is 14.7. The van der Waals surface area contributed by atoms with E-state index in [9.17, 15) is 14.4 Å². The van der Waals surface area contributed by atoms with Crippen molar-refractivity contribution in [2.45, 2.75) is 64.2 Å². The van der Waals surface area contributed by atoms with Crippen LogP contribution in [-0.4, -0.2) is 65.0 Å². The first-order valence-electron chi connectivity index (χ1n) is 8.91. The lowest BCUT2D eigenvalue weighted by atomic mass is 9.73. The lowest BCUT2D eigenvalue weighted by molar-refractivity contribution is -0.147. The Morgan fingerprint density at radius 3 is 2.50 bits per heavy atom. The Balaban J connectivity index is 1.70. The van der Waals surface area contributed by atoms with Gasteiger partial charge in [-0.05, 0) is 32.6 Å². The minimum Gasteiger partial charge on any atom is -0.372 e. The van der Waals surface area contributed by atoms with E-state index in [0.717, 1.165) is 24.2 Å². The van der Waals surface area contributed by atoms with Crippen molar-refractivity contribution < 1.29 is 19.1 Å². The molecule has 0 radical (unpaired) electrons. The number of carbonyl (C=O) groups is 3. The normalized spacial score (nSPS) is 37.0. The molecule has 4 amide bonds. The maximum absolute atomic E-state index is 12.9. The van der Waals surface area contributed by atoms with Crippen LogP contribution in [-0.2, 0) is 14.3 Å². The monoisotopic (exact) mass is 337 g/mol. The molecule has 134 valence electrons. The molecule has 1 N–H and O–H groups in total. The smallest absolute Gasteiger partial charge is 0.325 e. The second kappa shape index (κ2) is 6.35. The summed E-state index contributed by atoms with van der Waals surface area (Å²) in [5, 5.41) is 2.89. The molecule has 3 fully saturated rings. The summed E-state index contributed by atoms with van der Waals surface area (Å²) in [7, 11) is 0. The predicted octanol–water partition coefficient (Wildman–Crippen LogP) is 1.12. The lowest BCUT2D eigenvalue weighted by Crippen LogP contribution is -2.54. The molecule has 7 nitrogen and oxygen atoms in total. The van der Waals surface area contributed by atoms with Crippen molar-refractivity contribution in [3.63, 3.8) is 0 Å². The van der Waals surface area contributed by atoms with Crippen LogP contribution < -0.4 is 5.32 Å². The summed E-state index contributed by atoms with van der Waals surface area (Å²) in [5.74, 6) is -0.324. The summed E-state index contributed by atoms with van der Waals surface area (Å²) in [4.78, 5) is 40.6. The topological polar surface area (TPSA) is 79.0 Å². The van der Waals surface area contributed by atoms with E-state index < -0.39 is 11.6 Å². The van der Waals surface area contributed by atoms with Gasteiger partial charge in [-0.3, -0.25) is 14.5 Å². The van der Waals surface area contributed by atoms with Crippen molar-refractivity contribution in [1.29, 1.82) is 0 Å². The van der Waals surface area contributed by atoms with E-state index in [4.69, 9.17) is 4.74 Å². The molecule has 0 unspecified atom stereocenters. The van der Waals surface area contributed by atoms with Crippen molar-refractivity contribution in [2.24, 2.45) is 5.92 Å². The Labute approximate surface area is 142 Å². The number of hydrogen-bond donors (Lipinski definition) is 1. The fraction of sp³-hybridized carbons (Fsp3) is 0.824. The number of morpholine rings is 1. The number of imide groups is 1. The standard InChI is InChI=1S/C17H27N3O4/c1-11-6-4-5-7-17(11)15(22)20(16(23)18-17)10-14(21)19-8-12(2)24-13(3)9-19/h11-13H,4-10H2,1-3H3,(H,18,23)/t11-,12+,13+,17+/m0/s1. The Morgan fingerprint density at radius 1 is 1.21 bits per heavy atom. The molecule has 7 heteroatoms. The average molecular weight is 337 g/mol. The second-order valence-electron chi connectivity index (χ2n) is 7.50. The highest BCUT2D eigenvalue weighted by atomic mass is 16.5. The van der Waals surface area contributed by atoms with Gasteiger partial charge in [0, 0.05) is 13.1 Å². The average Bonchev–Trinajstić information content (AvgIpc) is 2.74. The van der Waals surface area contributed by atoms with E-state index in [1.54, 1.807) is 4.90 Å². The van der Waals surface area contributed by atoms with Gasteiger partial charge in [0.2, 0.25) is 5.91 Å². The van der Waals surface area contributed by atoms with E-state index >= 15 is 0 Å². The molecular weight excluding hydrogens is 310 g/mol. The zero-order chi connectivity index (χ0) is 17.5. The number of nitrogens with one attached hydrogen (secondary N) is 1. The summed E-state index contributed by atoms with van der Waals surface area (Å²) in [6.07, 6.45) is 3.52. The van der Waals surface area contributed by atoms with Gasteiger partial charge < -0.3 is 15.0 Å². The van der Waals surface area contributed by atoms with E-state index in [-0.39, 0.29) is 36.5 Å². The molecular formula is C17H27N3O4. The van der Waals surface area contributed by atoms with Gasteiger partial charge in [0.15, 0.2) is 0 Å². The first-order valence-corrected chi connectivity index (χ1v) is 8.91. The van der Waals surface area contributed by atoms with Crippen molar-refractivity contribution in [3.8, 4) is 0 Å². The molecule has 2 aliphatic heterocycles. The zero-order valence-corrected chi connectivity index (χ0v) is 14.7. The molecule has 0 aromatic carbocycles. The fourth-order valence-electron chi connectivity index (χ4n) is 4.26. The summed E-state index contributed by atoms with van der Waals surface area (Å²) >= 11 is 0. The molecule has 2 saturated heterocycles. The predicted molar refractivity (Wildman–Crippen MR) is 87.2 cm³/mol. The molecule has 0 aromatic rings. The fourth-order valence-corrected chi connectivity index (χ4v) is 4.26. The molecule has 0 bridgehead atoms. The molecule has 1 spiro atoms. The van der Waals surface area contributed by atoms with Crippen LogP contribution in [0.5, 0.6) is 0 Å². The maximum Gasteiger partial charge on any atom is 0.325 e. The van der Waals surface area contributed by atoms with Crippen LogP contribution in [0.25, 0.3) is 0 Å². The molecule has 24 heavy (non-hydrogen) atoms. The van der Waals surface area contributed by atoms with Gasteiger partial charge in [-0.2, -0.15) is 0 Å². The Hall–Kier alpha value is -1.63. The molecule has 4 atom stereocenters. The maximum atomic E-state index is 12.9. The molecule has 1 aliphatic carbocycles. The molecule has 0 aromatic heterocycles. The number of urea groups is 1. The van der Waals surface area contributed by atoms with Gasteiger partial charge in [-0.15, -0.1) is 0 Å². The van der Waals surface area contributed by atoms with Crippen LogP contribution in [0, 0.1) is 5.92 Å². The minimum atomic E-state index is -0.804. The third-order valence-corrected chi connectivity index (χ3v) is 5.57. The van der Waals surface area contributed by atoms with Gasteiger partial charge in [-0.25, -0.2) is 4.79 Å². The SMILES string of the molecule is C[C@@H]1CN(C(=O)CN2C(=O)N[C@@]3(CCCC[C@@H]3C)C2=O)C[C@@H](C)O1. The molecule has 3 aliphatic rings. The summed E-state index contributed by atoms with van der Waals surface area (Å²) < 4.78 is 5.63.